The first-order chi connectivity index (χ1) is 30.7. The van der Waals surface area contributed by atoms with Crippen molar-refractivity contribution in [2.24, 2.45) is 0 Å². The molecule has 9 aromatic carbocycles. The lowest BCUT2D eigenvalue weighted by Gasteiger charge is -2.11. The first kappa shape index (κ1) is 35.5. The third-order valence-corrected chi connectivity index (χ3v) is 11.9. The molecule has 0 spiro atoms. The van der Waals surface area contributed by atoms with Crippen molar-refractivity contribution in [1.29, 1.82) is 0 Å². The monoisotopic (exact) mass is 792 g/mol. The van der Waals surface area contributed by atoms with Gasteiger partial charge in [0, 0.05) is 44.1 Å². The van der Waals surface area contributed by atoms with Crippen LogP contribution in [0.15, 0.2) is 223 Å². The van der Waals surface area contributed by atoms with Crippen molar-refractivity contribution in [3.05, 3.63) is 218 Å². The van der Waals surface area contributed by atoms with Crippen LogP contribution in [-0.2, 0) is 0 Å². The SMILES string of the molecule is c1ccc(-c2ccc(-c3nc(-c4ccc(-c5cccc6c5oc5ccc7c8ccccc8n(-c8ccccc8)c7c56)cc4)nc(-c4cccc(-c5ccccc5)c4)n3)cc2)cc1. The Morgan fingerprint density at radius 1 is 0.339 bits per heavy atom. The van der Waals surface area contributed by atoms with Gasteiger partial charge in [0.2, 0.25) is 0 Å². The van der Waals surface area contributed by atoms with Crippen LogP contribution in [0.2, 0.25) is 0 Å². The lowest BCUT2D eigenvalue weighted by molar-refractivity contribution is 0.670. The predicted octanol–water partition coefficient (Wildman–Crippen LogP) is 14.9. The minimum absolute atomic E-state index is 0.604. The third kappa shape index (κ3) is 6.06. The molecule has 0 radical (unpaired) electrons. The van der Waals surface area contributed by atoms with Gasteiger partial charge in [-0.25, -0.2) is 15.0 Å². The van der Waals surface area contributed by atoms with Crippen LogP contribution in [0.5, 0.6) is 0 Å². The molecular weight excluding hydrogens is 757 g/mol. The van der Waals surface area contributed by atoms with Gasteiger partial charge in [-0.3, -0.25) is 0 Å². The van der Waals surface area contributed by atoms with E-state index in [1.165, 1.54) is 16.3 Å². The minimum Gasteiger partial charge on any atom is -0.455 e. The van der Waals surface area contributed by atoms with Gasteiger partial charge in [0.15, 0.2) is 17.5 Å². The summed E-state index contributed by atoms with van der Waals surface area (Å²) in [6, 6.07) is 76.1. The number of para-hydroxylation sites is 3. The van der Waals surface area contributed by atoms with E-state index in [2.05, 4.69) is 211 Å². The molecule has 12 rings (SSSR count). The molecule has 290 valence electrons. The Labute approximate surface area is 357 Å². The van der Waals surface area contributed by atoms with Crippen LogP contribution in [-0.4, -0.2) is 19.5 Å². The highest BCUT2D eigenvalue weighted by molar-refractivity contribution is 6.25. The molecule has 0 N–H and O–H groups in total. The molecule has 0 amide bonds. The Morgan fingerprint density at radius 2 is 0.839 bits per heavy atom. The lowest BCUT2D eigenvalue weighted by Crippen LogP contribution is -2.00. The van der Waals surface area contributed by atoms with Crippen LogP contribution in [0, 0.1) is 0 Å². The number of rotatable bonds is 7. The zero-order valence-electron chi connectivity index (χ0n) is 33.5. The van der Waals surface area contributed by atoms with Gasteiger partial charge >= 0.3 is 0 Å². The smallest absolute Gasteiger partial charge is 0.164 e. The van der Waals surface area contributed by atoms with E-state index in [0.29, 0.717) is 17.5 Å². The van der Waals surface area contributed by atoms with E-state index in [1.54, 1.807) is 0 Å². The number of aromatic nitrogens is 4. The zero-order chi connectivity index (χ0) is 41.0. The van der Waals surface area contributed by atoms with E-state index in [1.807, 2.05) is 12.1 Å². The van der Waals surface area contributed by atoms with Crippen molar-refractivity contribution in [3.63, 3.8) is 0 Å². The molecule has 0 aliphatic heterocycles. The molecule has 0 bridgehead atoms. The van der Waals surface area contributed by atoms with E-state index in [4.69, 9.17) is 19.4 Å². The largest absolute Gasteiger partial charge is 0.455 e. The Morgan fingerprint density at radius 3 is 1.53 bits per heavy atom. The maximum absolute atomic E-state index is 6.81. The van der Waals surface area contributed by atoms with Crippen LogP contribution in [0.4, 0.5) is 0 Å². The van der Waals surface area contributed by atoms with Crippen molar-refractivity contribution in [2.75, 3.05) is 0 Å². The molecule has 62 heavy (non-hydrogen) atoms. The summed E-state index contributed by atoms with van der Waals surface area (Å²) in [5.41, 5.74) is 14.5. The molecule has 0 unspecified atom stereocenters. The standard InChI is InChI=1S/C57H36N4O/c1-4-14-37(15-5-1)39-26-30-41(31-27-39)55-58-56(60-57(59-55)44-19-12-18-43(36-44)38-16-6-2-7-17-38)42-32-28-40(29-33-42)46-23-13-24-49-52-51(62-54(46)49)35-34-48-47-22-10-11-25-50(47)61(53(48)52)45-20-8-3-9-21-45/h1-36H. The third-order valence-electron chi connectivity index (χ3n) is 11.9. The molecule has 0 atom stereocenters. The van der Waals surface area contributed by atoms with Crippen molar-refractivity contribution in [2.45, 2.75) is 0 Å². The van der Waals surface area contributed by atoms with Gasteiger partial charge in [-0.1, -0.05) is 182 Å². The molecule has 0 aliphatic carbocycles. The molecule has 0 saturated carbocycles. The normalized spacial score (nSPS) is 11.5. The van der Waals surface area contributed by atoms with Crippen LogP contribution in [0.1, 0.15) is 0 Å². The van der Waals surface area contributed by atoms with Crippen LogP contribution < -0.4 is 0 Å². The molecule has 3 heterocycles. The average Bonchev–Trinajstić information content (AvgIpc) is 3.91. The Hall–Kier alpha value is -8.41. The first-order valence-corrected chi connectivity index (χ1v) is 20.8. The summed E-state index contributed by atoms with van der Waals surface area (Å²) >= 11 is 0. The van der Waals surface area contributed by atoms with E-state index in [-0.39, 0.29) is 0 Å². The van der Waals surface area contributed by atoms with Crippen molar-refractivity contribution in [1.82, 2.24) is 19.5 Å². The summed E-state index contributed by atoms with van der Waals surface area (Å²) < 4.78 is 9.18. The van der Waals surface area contributed by atoms with Gasteiger partial charge in [-0.15, -0.1) is 0 Å². The summed E-state index contributed by atoms with van der Waals surface area (Å²) in [6.07, 6.45) is 0. The fourth-order valence-electron chi connectivity index (χ4n) is 8.88. The molecule has 3 aromatic heterocycles. The molecule has 0 saturated heterocycles. The second-order valence-corrected chi connectivity index (χ2v) is 15.6. The highest BCUT2D eigenvalue weighted by atomic mass is 16.3. The number of fused-ring (bicyclic) bond motifs is 7. The maximum atomic E-state index is 6.81. The quantitative estimate of drug-likeness (QED) is 0.161. The van der Waals surface area contributed by atoms with Gasteiger partial charge in [-0.05, 0) is 64.2 Å². The number of nitrogens with zero attached hydrogens (tertiary/aromatic N) is 4. The Balaban J connectivity index is 0.972. The highest BCUT2D eigenvalue weighted by Gasteiger charge is 2.21. The average molecular weight is 793 g/mol. The van der Waals surface area contributed by atoms with Gasteiger partial charge < -0.3 is 8.98 Å². The number of hydrogen-bond acceptors (Lipinski definition) is 4. The Bertz CT molecular complexity index is 3590. The molecule has 12 aromatic rings. The zero-order valence-corrected chi connectivity index (χ0v) is 33.5. The van der Waals surface area contributed by atoms with Crippen LogP contribution in [0.25, 0.3) is 117 Å². The van der Waals surface area contributed by atoms with Crippen molar-refractivity contribution >= 4 is 43.7 Å². The van der Waals surface area contributed by atoms with Gasteiger partial charge in [0.1, 0.15) is 11.2 Å². The second kappa shape index (κ2) is 14.7. The molecule has 5 nitrogen and oxygen atoms in total. The summed E-state index contributed by atoms with van der Waals surface area (Å²) in [5.74, 6) is 1.84. The van der Waals surface area contributed by atoms with E-state index in [0.717, 1.165) is 83.2 Å². The topological polar surface area (TPSA) is 56.7 Å². The van der Waals surface area contributed by atoms with Crippen LogP contribution >= 0.6 is 0 Å². The minimum atomic E-state index is 0.604. The van der Waals surface area contributed by atoms with Crippen molar-refractivity contribution < 1.29 is 4.42 Å². The highest BCUT2D eigenvalue weighted by Crippen LogP contribution is 2.43. The summed E-state index contributed by atoms with van der Waals surface area (Å²) in [7, 11) is 0. The Kier molecular flexibility index (Phi) is 8.42. The van der Waals surface area contributed by atoms with E-state index < -0.39 is 0 Å². The lowest BCUT2D eigenvalue weighted by atomic mass is 10.00. The van der Waals surface area contributed by atoms with E-state index >= 15 is 0 Å². The first-order valence-electron chi connectivity index (χ1n) is 20.8. The van der Waals surface area contributed by atoms with Gasteiger partial charge in [0.05, 0.1) is 16.4 Å². The van der Waals surface area contributed by atoms with Gasteiger partial charge in [-0.2, -0.15) is 0 Å². The molecular formula is C57H36N4O. The summed E-state index contributed by atoms with van der Waals surface area (Å²) in [6.45, 7) is 0. The molecule has 0 aliphatic rings. The maximum Gasteiger partial charge on any atom is 0.164 e. The fraction of sp³-hybridized carbons (Fsp3) is 0. The summed E-state index contributed by atoms with van der Waals surface area (Å²) in [5, 5.41) is 4.60. The second-order valence-electron chi connectivity index (χ2n) is 15.6. The van der Waals surface area contributed by atoms with Gasteiger partial charge in [0.25, 0.3) is 0 Å². The molecule has 0 fully saturated rings. The summed E-state index contributed by atoms with van der Waals surface area (Å²) in [4.78, 5) is 15.3. The van der Waals surface area contributed by atoms with Crippen LogP contribution in [0.3, 0.4) is 0 Å². The number of benzene rings is 9. The number of furan rings is 1. The predicted molar refractivity (Wildman–Crippen MR) is 254 cm³/mol. The molecule has 5 heteroatoms. The van der Waals surface area contributed by atoms with Crippen molar-refractivity contribution in [3.8, 4) is 73.2 Å². The van der Waals surface area contributed by atoms with E-state index in [9.17, 15) is 0 Å². The fourth-order valence-corrected chi connectivity index (χ4v) is 8.88. The number of hydrogen-bond donors (Lipinski definition) is 0.